The fourth-order valence-electron chi connectivity index (χ4n) is 7.13. The van der Waals surface area contributed by atoms with E-state index in [0.717, 1.165) is 42.9 Å². The second-order valence-corrected chi connectivity index (χ2v) is 12.4. The third kappa shape index (κ3) is 6.65. The molecule has 50 heavy (non-hydrogen) atoms. The lowest BCUT2D eigenvalue weighted by molar-refractivity contribution is -0.361. The molecule has 0 spiro atoms. The predicted molar refractivity (Wildman–Crippen MR) is 172 cm³/mol. The number of H-pyrrole nitrogens is 1. The number of aryl methyl sites for hydroxylation is 1. The van der Waals surface area contributed by atoms with E-state index < -0.39 is 79.7 Å². The Labute approximate surface area is 287 Å². The summed E-state index contributed by atoms with van der Waals surface area (Å²) in [7, 11) is 1.41. The first-order valence-corrected chi connectivity index (χ1v) is 16.4. The van der Waals surface area contributed by atoms with Crippen molar-refractivity contribution in [3.05, 3.63) is 57.4 Å². The number of aromatic amines is 1. The van der Waals surface area contributed by atoms with Gasteiger partial charge in [0.25, 0.3) is 5.56 Å². The zero-order chi connectivity index (χ0) is 35.9. The molecule has 5 heterocycles. The molecule has 6 rings (SSSR count). The number of carbonyl (C=O) groups is 4. The van der Waals surface area contributed by atoms with Gasteiger partial charge in [-0.15, -0.1) is 0 Å². The molecule has 3 aliphatic heterocycles. The number of esters is 4. The van der Waals surface area contributed by atoms with Crippen LogP contribution in [0, 0.1) is 0 Å². The molecular formula is C35H40N2O13. The van der Waals surface area contributed by atoms with E-state index in [1.54, 1.807) is 4.57 Å². The van der Waals surface area contributed by atoms with Gasteiger partial charge in [0, 0.05) is 58.2 Å². The molecule has 3 aromatic rings. The molecule has 6 unspecified atom stereocenters. The van der Waals surface area contributed by atoms with Crippen molar-refractivity contribution in [2.24, 2.45) is 0 Å². The van der Waals surface area contributed by atoms with Crippen LogP contribution in [0.5, 0.6) is 0 Å². The molecule has 1 saturated heterocycles. The molecule has 0 bridgehead atoms. The zero-order valence-corrected chi connectivity index (χ0v) is 28.6. The lowest BCUT2D eigenvalue weighted by atomic mass is 9.87. The van der Waals surface area contributed by atoms with Crippen molar-refractivity contribution in [2.75, 3.05) is 13.7 Å². The minimum absolute atomic E-state index is 0.252. The molecule has 268 valence electrons. The lowest BCUT2D eigenvalue weighted by Crippen LogP contribution is -2.63. The zero-order valence-electron chi connectivity index (χ0n) is 28.6. The largest absolute Gasteiger partial charge is 0.463 e. The second-order valence-electron chi connectivity index (χ2n) is 12.4. The average Bonchev–Trinajstić information content (AvgIpc) is 3.45. The van der Waals surface area contributed by atoms with Crippen LogP contribution in [0.15, 0.2) is 35.1 Å². The van der Waals surface area contributed by atoms with Gasteiger partial charge in [0.2, 0.25) is 6.29 Å². The number of hydrogen-bond donors (Lipinski definition) is 1. The number of pyridine rings is 1. The average molecular weight is 697 g/mol. The third-order valence-corrected chi connectivity index (χ3v) is 9.12. The number of methoxy groups -OCH3 is 1. The summed E-state index contributed by atoms with van der Waals surface area (Å²) < 4.78 is 48.1. The molecule has 1 N–H and O–H groups in total. The van der Waals surface area contributed by atoms with Crippen LogP contribution in [-0.2, 0) is 70.0 Å². The number of rotatable bonds is 9. The van der Waals surface area contributed by atoms with Crippen LogP contribution >= 0.6 is 0 Å². The number of benzene rings is 1. The number of hydrogen-bond acceptors (Lipinski definition) is 13. The van der Waals surface area contributed by atoms with Gasteiger partial charge in [-0.2, -0.15) is 0 Å². The van der Waals surface area contributed by atoms with E-state index in [2.05, 4.69) is 11.1 Å². The quantitative estimate of drug-likeness (QED) is 0.255. The van der Waals surface area contributed by atoms with Crippen molar-refractivity contribution < 1.29 is 57.1 Å². The summed E-state index contributed by atoms with van der Waals surface area (Å²) in [5.41, 5.74) is 4.38. The first-order chi connectivity index (χ1) is 23.9. The van der Waals surface area contributed by atoms with Crippen LogP contribution in [0.25, 0.3) is 22.3 Å². The summed E-state index contributed by atoms with van der Waals surface area (Å²) in [6.45, 7) is 6.56. The van der Waals surface area contributed by atoms with Gasteiger partial charge >= 0.3 is 23.9 Å². The smallest absolute Gasteiger partial charge is 0.303 e. The molecule has 8 atom stereocenters. The Balaban J connectivity index is 1.41. The van der Waals surface area contributed by atoms with Crippen LogP contribution < -0.4 is 5.56 Å². The highest BCUT2D eigenvalue weighted by Crippen LogP contribution is 2.44. The highest BCUT2D eigenvalue weighted by atomic mass is 16.8. The fourth-order valence-corrected chi connectivity index (χ4v) is 7.13. The Morgan fingerprint density at radius 2 is 1.58 bits per heavy atom. The van der Waals surface area contributed by atoms with Crippen LogP contribution in [0.4, 0.5) is 0 Å². The summed E-state index contributed by atoms with van der Waals surface area (Å²) in [6.07, 6.45) is -8.13. The number of nitrogens with zero attached hydrogens (tertiary/aromatic N) is 1. The summed E-state index contributed by atoms with van der Waals surface area (Å²) in [5, 5.41) is 1.09. The monoisotopic (exact) mass is 696 g/mol. The minimum atomic E-state index is -1.49. The standard InChI is InChI=1S/C35H40N2O13/c1-7-20-23-14-25-28-22(21-10-8-9-11-24(21)36-28)12-13-37(25)32(42)27(23)34(43-6)49-33(20)50-35-31(47-19(5)41)30(46-18(4)40)29(45-17(3)39)26(48-35)15-44-16(2)38/h8-11,14,20,26,29-31,33-36H,7,12-13,15H2,1-6H3/t20-,26?,29?,30?,31?,33+,34?,35?/m1/s1. The van der Waals surface area contributed by atoms with E-state index in [-0.39, 0.29) is 5.56 Å². The van der Waals surface area contributed by atoms with Gasteiger partial charge in [0.1, 0.15) is 12.7 Å². The molecule has 1 aromatic carbocycles. The molecule has 0 radical (unpaired) electrons. The third-order valence-electron chi connectivity index (χ3n) is 9.12. The molecule has 0 amide bonds. The van der Waals surface area contributed by atoms with Crippen LogP contribution in [0.3, 0.4) is 0 Å². The van der Waals surface area contributed by atoms with Crippen molar-refractivity contribution in [2.45, 2.75) is 103 Å². The number of ether oxygens (including phenoxy) is 8. The lowest BCUT2D eigenvalue weighted by Gasteiger charge is -2.46. The Kier molecular flexibility index (Phi) is 10.1. The van der Waals surface area contributed by atoms with Crippen molar-refractivity contribution in [3.8, 4) is 11.4 Å². The molecule has 3 aliphatic rings. The second kappa shape index (κ2) is 14.3. The number of fused-ring (bicyclic) bond motifs is 6. The summed E-state index contributed by atoms with van der Waals surface area (Å²) >= 11 is 0. The van der Waals surface area contributed by atoms with E-state index in [0.29, 0.717) is 36.2 Å². The topological polar surface area (TPSA) is 180 Å². The van der Waals surface area contributed by atoms with Gasteiger partial charge < -0.3 is 47.4 Å². The van der Waals surface area contributed by atoms with Crippen molar-refractivity contribution >= 4 is 34.8 Å². The summed E-state index contributed by atoms with van der Waals surface area (Å²) in [5.74, 6) is -3.50. The molecule has 15 nitrogen and oxygen atoms in total. The van der Waals surface area contributed by atoms with E-state index >= 15 is 0 Å². The summed E-state index contributed by atoms with van der Waals surface area (Å²) in [4.78, 5) is 66.3. The van der Waals surface area contributed by atoms with Crippen LogP contribution in [-0.4, -0.2) is 84.1 Å². The number of nitrogens with one attached hydrogen (secondary N) is 1. The van der Waals surface area contributed by atoms with Crippen molar-refractivity contribution in [1.82, 2.24) is 9.55 Å². The first-order valence-electron chi connectivity index (χ1n) is 16.4. The van der Waals surface area contributed by atoms with E-state index in [9.17, 15) is 24.0 Å². The van der Waals surface area contributed by atoms with E-state index in [1.807, 2.05) is 31.2 Å². The van der Waals surface area contributed by atoms with Gasteiger partial charge in [-0.1, -0.05) is 25.1 Å². The van der Waals surface area contributed by atoms with Gasteiger partial charge in [-0.25, -0.2) is 0 Å². The molecule has 15 heteroatoms. The Bertz CT molecular complexity index is 1860. The Morgan fingerprint density at radius 3 is 2.24 bits per heavy atom. The Hall–Kier alpha value is -4.57. The maximum Gasteiger partial charge on any atom is 0.303 e. The van der Waals surface area contributed by atoms with Gasteiger partial charge in [0.15, 0.2) is 30.9 Å². The molecule has 1 fully saturated rings. The molecule has 0 aliphatic carbocycles. The highest BCUT2D eigenvalue weighted by molar-refractivity contribution is 5.90. The number of para-hydroxylation sites is 1. The number of carbonyl (C=O) groups excluding carboxylic acids is 4. The SMILES string of the molecule is CC[C@@H]1c2cc3n(c(=O)c2C(OC)O[C@H]1OC1OC(COC(C)=O)C(OC(C)=O)C(OC(C)=O)C1OC(C)=O)CCc1c-3[nH]c2ccccc12. The normalized spacial score (nSPS) is 27.0. The van der Waals surface area contributed by atoms with Crippen LogP contribution in [0.1, 0.15) is 69.9 Å². The fraction of sp³-hybridized carbons (Fsp3) is 0.514. The molecule has 2 aromatic heterocycles. The Morgan fingerprint density at radius 1 is 0.900 bits per heavy atom. The minimum Gasteiger partial charge on any atom is -0.463 e. The maximum atomic E-state index is 14.2. The van der Waals surface area contributed by atoms with Gasteiger partial charge in [-0.05, 0) is 36.1 Å². The highest BCUT2D eigenvalue weighted by Gasteiger charge is 2.54. The summed E-state index contributed by atoms with van der Waals surface area (Å²) in [6, 6.07) is 9.94. The van der Waals surface area contributed by atoms with Crippen molar-refractivity contribution in [3.63, 3.8) is 0 Å². The van der Waals surface area contributed by atoms with E-state index in [4.69, 9.17) is 37.9 Å². The first kappa shape index (κ1) is 35.3. The molecular weight excluding hydrogens is 656 g/mol. The maximum absolute atomic E-state index is 14.2. The van der Waals surface area contributed by atoms with Gasteiger partial charge in [-0.3, -0.25) is 24.0 Å². The van der Waals surface area contributed by atoms with Gasteiger partial charge in [0.05, 0.1) is 17.0 Å². The molecule has 0 saturated carbocycles. The number of aromatic nitrogens is 2. The van der Waals surface area contributed by atoms with Crippen LogP contribution in [0.2, 0.25) is 0 Å². The van der Waals surface area contributed by atoms with E-state index in [1.165, 1.54) is 14.0 Å². The van der Waals surface area contributed by atoms with Crippen molar-refractivity contribution in [1.29, 1.82) is 0 Å². The predicted octanol–water partition coefficient (Wildman–Crippen LogP) is 3.15.